The number of hydrogen-bond donors (Lipinski definition) is 3. The highest BCUT2D eigenvalue weighted by molar-refractivity contribution is 5.98. The minimum Gasteiger partial charge on any atom is -0.505 e. The van der Waals surface area contributed by atoms with Crippen LogP contribution in [-0.4, -0.2) is 65.5 Å². The molecule has 2 amide bonds. The molecule has 0 aliphatic carbocycles. The maximum Gasteiger partial charge on any atom is 0.257 e. The molecule has 0 atom stereocenters. The van der Waals surface area contributed by atoms with E-state index in [0.29, 0.717) is 32.7 Å². The maximum atomic E-state index is 12.5. The zero-order valence-corrected chi connectivity index (χ0v) is 13.6. The number of nitrogens with one attached hydrogen (secondary N) is 1. The van der Waals surface area contributed by atoms with Gasteiger partial charge in [0.2, 0.25) is 5.91 Å². The van der Waals surface area contributed by atoms with E-state index in [9.17, 15) is 14.7 Å². The van der Waals surface area contributed by atoms with Crippen LogP contribution in [0.25, 0.3) is 0 Å². The Hall–Kier alpha value is -2.28. The van der Waals surface area contributed by atoms with E-state index >= 15 is 0 Å². The number of phenolic OH excluding ortho intramolecular Hbond substituents is 1. The highest BCUT2D eigenvalue weighted by Crippen LogP contribution is 2.25. The standard InChI is InChI=1S/C16H24N4O3/c1-11(2)18-14(21)10-19-6-8-20(9-7-19)16(23)12-4-3-5-13(17)15(12)22/h3-5,11,22H,6-10,17H2,1-2H3,(H,18,21). The number of aromatic hydroxyl groups is 1. The molecule has 23 heavy (non-hydrogen) atoms. The molecule has 1 aliphatic heterocycles. The third-order valence-electron chi connectivity index (χ3n) is 3.77. The van der Waals surface area contributed by atoms with Gasteiger partial charge < -0.3 is 21.1 Å². The van der Waals surface area contributed by atoms with Crippen LogP contribution in [0.3, 0.4) is 0 Å². The Balaban J connectivity index is 1.90. The highest BCUT2D eigenvalue weighted by Gasteiger charge is 2.25. The van der Waals surface area contributed by atoms with Gasteiger partial charge in [-0.1, -0.05) is 6.07 Å². The zero-order chi connectivity index (χ0) is 17.0. The van der Waals surface area contributed by atoms with E-state index in [2.05, 4.69) is 5.32 Å². The van der Waals surface area contributed by atoms with Gasteiger partial charge in [0, 0.05) is 32.2 Å². The molecule has 1 aromatic rings. The van der Waals surface area contributed by atoms with Crippen LogP contribution in [0.4, 0.5) is 5.69 Å². The molecule has 0 spiro atoms. The number of nitrogen functional groups attached to an aromatic ring is 1. The van der Waals surface area contributed by atoms with E-state index in [0.717, 1.165) is 0 Å². The van der Waals surface area contributed by atoms with Crippen molar-refractivity contribution in [3.05, 3.63) is 23.8 Å². The van der Waals surface area contributed by atoms with Gasteiger partial charge in [-0.05, 0) is 26.0 Å². The third kappa shape index (κ3) is 4.35. The molecule has 0 bridgehead atoms. The van der Waals surface area contributed by atoms with Crippen molar-refractivity contribution in [3.8, 4) is 5.75 Å². The molecule has 1 heterocycles. The lowest BCUT2D eigenvalue weighted by Gasteiger charge is -2.34. The Morgan fingerprint density at radius 1 is 1.26 bits per heavy atom. The third-order valence-corrected chi connectivity index (χ3v) is 3.77. The monoisotopic (exact) mass is 320 g/mol. The molecule has 7 heteroatoms. The Labute approximate surface area is 136 Å². The quantitative estimate of drug-likeness (QED) is 0.546. The topological polar surface area (TPSA) is 98.9 Å². The average Bonchev–Trinajstić information content (AvgIpc) is 2.49. The van der Waals surface area contributed by atoms with Crippen molar-refractivity contribution in [3.63, 3.8) is 0 Å². The second kappa shape index (κ2) is 7.32. The van der Waals surface area contributed by atoms with Gasteiger partial charge in [0.25, 0.3) is 5.91 Å². The number of rotatable bonds is 4. The van der Waals surface area contributed by atoms with Crippen LogP contribution in [0.15, 0.2) is 18.2 Å². The van der Waals surface area contributed by atoms with E-state index in [-0.39, 0.29) is 34.9 Å². The number of nitrogens with zero attached hydrogens (tertiary/aromatic N) is 2. The highest BCUT2D eigenvalue weighted by atomic mass is 16.3. The molecule has 2 rings (SSSR count). The van der Waals surface area contributed by atoms with E-state index in [1.807, 2.05) is 18.7 Å². The molecule has 0 radical (unpaired) electrons. The zero-order valence-electron chi connectivity index (χ0n) is 13.6. The fraction of sp³-hybridized carbons (Fsp3) is 0.500. The molecule has 126 valence electrons. The predicted molar refractivity (Wildman–Crippen MR) is 88.1 cm³/mol. The molecule has 0 aromatic heterocycles. The first-order chi connectivity index (χ1) is 10.9. The van der Waals surface area contributed by atoms with Crippen molar-refractivity contribution in [1.29, 1.82) is 0 Å². The van der Waals surface area contributed by atoms with Gasteiger partial charge in [-0.3, -0.25) is 14.5 Å². The summed E-state index contributed by atoms with van der Waals surface area (Å²) in [7, 11) is 0. The summed E-state index contributed by atoms with van der Waals surface area (Å²) in [5.41, 5.74) is 6.04. The van der Waals surface area contributed by atoms with E-state index < -0.39 is 0 Å². The number of amides is 2. The number of nitrogens with two attached hydrogens (primary N) is 1. The lowest BCUT2D eigenvalue weighted by Crippen LogP contribution is -2.51. The summed E-state index contributed by atoms with van der Waals surface area (Å²) in [4.78, 5) is 27.9. The van der Waals surface area contributed by atoms with Crippen LogP contribution in [0.5, 0.6) is 5.75 Å². The van der Waals surface area contributed by atoms with E-state index in [4.69, 9.17) is 5.73 Å². The van der Waals surface area contributed by atoms with Crippen LogP contribution in [-0.2, 0) is 4.79 Å². The molecular weight excluding hydrogens is 296 g/mol. The van der Waals surface area contributed by atoms with E-state index in [1.54, 1.807) is 23.1 Å². The van der Waals surface area contributed by atoms with Crippen molar-refractivity contribution in [2.24, 2.45) is 0 Å². The van der Waals surface area contributed by atoms with Crippen LogP contribution in [0, 0.1) is 0 Å². The van der Waals surface area contributed by atoms with Crippen molar-refractivity contribution < 1.29 is 14.7 Å². The van der Waals surface area contributed by atoms with Crippen LogP contribution in [0.1, 0.15) is 24.2 Å². The number of phenols is 1. The van der Waals surface area contributed by atoms with Crippen LogP contribution < -0.4 is 11.1 Å². The van der Waals surface area contributed by atoms with Gasteiger partial charge in [0.15, 0.2) is 5.75 Å². The molecule has 1 fully saturated rings. The fourth-order valence-electron chi connectivity index (χ4n) is 2.58. The maximum absolute atomic E-state index is 12.5. The Morgan fingerprint density at radius 2 is 1.91 bits per heavy atom. The van der Waals surface area contributed by atoms with Gasteiger partial charge in [0.05, 0.1) is 17.8 Å². The molecular formula is C16H24N4O3. The second-order valence-corrected chi connectivity index (χ2v) is 6.03. The number of benzene rings is 1. The normalized spacial score (nSPS) is 15.7. The number of carbonyl (C=O) groups is 2. The molecule has 0 saturated carbocycles. The van der Waals surface area contributed by atoms with Gasteiger partial charge in [-0.2, -0.15) is 0 Å². The lowest BCUT2D eigenvalue weighted by molar-refractivity contribution is -0.123. The summed E-state index contributed by atoms with van der Waals surface area (Å²) in [5.74, 6) is -0.412. The summed E-state index contributed by atoms with van der Waals surface area (Å²) in [6.07, 6.45) is 0. The van der Waals surface area contributed by atoms with E-state index in [1.165, 1.54) is 0 Å². The first-order valence-corrected chi connectivity index (χ1v) is 7.77. The van der Waals surface area contributed by atoms with Gasteiger partial charge in [-0.25, -0.2) is 0 Å². The van der Waals surface area contributed by atoms with Crippen molar-refractivity contribution in [2.75, 3.05) is 38.5 Å². The molecule has 1 aliphatic rings. The van der Waals surface area contributed by atoms with Gasteiger partial charge in [-0.15, -0.1) is 0 Å². The molecule has 4 N–H and O–H groups in total. The summed E-state index contributed by atoms with van der Waals surface area (Å²) in [5, 5.41) is 12.8. The number of piperazine rings is 1. The summed E-state index contributed by atoms with van der Waals surface area (Å²) >= 11 is 0. The molecule has 0 unspecified atom stereocenters. The average molecular weight is 320 g/mol. The lowest BCUT2D eigenvalue weighted by atomic mass is 10.1. The summed E-state index contributed by atoms with van der Waals surface area (Å²) in [6.45, 7) is 6.47. The van der Waals surface area contributed by atoms with Gasteiger partial charge in [0.1, 0.15) is 0 Å². The smallest absolute Gasteiger partial charge is 0.257 e. The first kappa shape index (κ1) is 17.1. The summed E-state index contributed by atoms with van der Waals surface area (Å²) < 4.78 is 0. The Morgan fingerprint density at radius 3 is 2.52 bits per heavy atom. The van der Waals surface area contributed by atoms with Gasteiger partial charge >= 0.3 is 0 Å². The number of hydrogen-bond acceptors (Lipinski definition) is 5. The first-order valence-electron chi connectivity index (χ1n) is 7.77. The van der Waals surface area contributed by atoms with Crippen LogP contribution >= 0.6 is 0 Å². The summed E-state index contributed by atoms with van der Waals surface area (Å²) in [6, 6.07) is 4.89. The van der Waals surface area contributed by atoms with Crippen LogP contribution in [0.2, 0.25) is 0 Å². The molecule has 1 saturated heterocycles. The number of carbonyl (C=O) groups excluding carboxylic acids is 2. The molecule has 7 nitrogen and oxygen atoms in total. The number of anilines is 1. The second-order valence-electron chi connectivity index (χ2n) is 6.03. The van der Waals surface area contributed by atoms with Crippen molar-refractivity contribution in [2.45, 2.75) is 19.9 Å². The largest absolute Gasteiger partial charge is 0.505 e. The van der Waals surface area contributed by atoms with Crippen molar-refractivity contribution >= 4 is 17.5 Å². The Bertz CT molecular complexity index is 581. The van der Waals surface area contributed by atoms with Crippen molar-refractivity contribution in [1.82, 2.24) is 15.1 Å². The minimum atomic E-state index is -0.235. The predicted octanol–water partition coefficient (Wildman–Crippen LogP) is 0.257. The SMILES string of the molecule is CC(C)NC(=O)CN1CCN(C(=O)c2cccc(N)c2O)CC1. The fourth-order valence-corrected chi connectivity index (χ4v) is 2.58. The molecule has 1 aromatic carbocycles. The Kier molecular flexibility index (Phi) is 5.44. The minimum absolute atomic E-state index is 0.00625. The number of para-hydroxylation sites is 1.